The molecule has 0 aliphatic rings. The van der Waals surface area contributed by atoms with Crippen LogP contribution < -0.4 is 11.1 Å². The van der Waals surface area contributed by atoms with Gasteiger partial charge in [0, 0.05) is 11.4 Å². The van der Waals surface area contributed by atoms with E-state index in [0.29, 0.717) is 11.4 Å². The molecule has 0 heterocycles. The summed E-state index contributed by atoms with van der Waals surface area (Å²) >= 11 is 0. The number of amides is 1. The van der Waals surface area contributed by atoms with Crippen LogP contribution in [-0.2, 0) is 0 Å². The number of benzene rings is 2. The number of nitrogens with two attached hydrogens (primary N) is 1. The van der Waals surface area contributed by atoms with Gasteiger partial charge < -0.3 is 16.2 Å². The Labute approximate surface area is 116 Å². The number of anilines is 2. The van der Waals surface area contributed by atoms with Gasteiger partial charge in [-0.3, -0.25) is 4.79 Å². The fourth-order valence-corrected chi connectivity index (χ4v) is 1.88. The molecule has 0 radical (unpaired) electrons. The molecule has 2 aromatic rings. The van der Waals surface area contributed by atoms with Crippen LogP contribution in [0.25, 0.3) is 0 Å². The Morgan fingerprint density at radius 2 is 1.90 bits per heavy atom. The number of rotatable bonds is 2. The van der Waals surface area contributed by atoms with Crippen LogP contribution in [0.15, 0.2) is 30.3 Å². The van der Waals surface area contributed by atoms with Crippen molar-refractivity contribution in [2.45, 2.75) is 13.8 Å². The molecule has 0 saturated carbocycles. The number of aryl methyl sites for hydroxylation is 2. The van der Waals surface area contributed by atoms with E-state index in [1.165, 1.54) is 0 Å². The van der Waals surface area contributed by atoms with Gasteiger partial charge in [-0.25, -0.2) is 4.39 Å². The maximum atomic E-state index is 13.1. The summed E-state index contributed by atoms with van der Waals surface area (Å²) < 4.78 is 13.1. The van der Waals surface area contributed by atoms with Gasteiger partial charge in [-0.1, -0.05) is 6.07 Å². The van der Waals surface area contributed by atoms with E-state index in [0.717, 1.165) is 29.3 Å². The van der Waals surface area contributed by atoms with Crippen molar-refractivity contribution in [1.82, 2.24) is 0 Å². The van der Waals surface area contributed by atoms with Crippen LogP contribution in [0.3, 0.4) is 0 Å². The molecule has 0 saturated heterocycles. The normalized spacial score (nSPS) is 10.3. The van der Waals surface area contributed by atoms with Crippen LogP contribution in [0.1, 0.15) is 21.5 Å². The van der Waals surface area contributed by atoms with Crippen molar-refractivity contribution in [2.24, 2.45) is 0 Å². The van der Waals surface area contributed by atoms with Crippen LogP contribution in [0.4, 0.5) is 15.8 Å². The van der Waals surface area contributed by atoms with E-state index in [1.54, 1.807) is 6.07 Å². The molecule has 4 nitrogen and oxygen atoms in total. The Kier molecular flexibility index (Phi) is 3.61. The zero-order valence-corrected chi connectivity index (χ0v) is 11.2. The number of carbonyl (C=O) groups is 1. The second-order valence-electron chi connectivity index (χ2n) is 4.64. The highest BCUT2D eigenvalue weighted by molar-refractivity contribution is 6.06. The number of aromatic hydroxyl groups is 1. The van der Waals surface area contributed by atoms with Crippen molar-refractivity contribution >= 4 is 17.3 Å². The molecule has 104 valence electrons. The first-order chi connectivity index (χ1) is 9.38. The van der Waals surface area contributed by atoms with Gasteiger partial charge in [0.25, 0.3) is 5.91 Å². The fraction of sp³-hybridized carbons (Fsp3) is 0.133. The monoisotopic (exact) mass is 274 g/mol. The summed E-state index contributed by atoms with van der Waals surface area (Å²) in [6.07, 6.45) is 0. The lowest BCUT2D eigenvalue weighted by Crippen LogP contribution is -2.13. The lowest BCUT2D eigenvalue weighted by Gasteiger charge is -2.12. The summed E-state index contributed by atoms with van der Waals surface area (Å²) in [6, 6.07) is 6.69. The van der Waals surface area contributed by atoms with Crippen molar-refractivity contribution in [3.8, 4) is 5.75 Å². The number of carbonyl (C=O) groups excluding carboxylic acids is 1. The highest BCUT2D eigenvalue weighted by Gasteiger charge is 2.14. The first kappa shape index (κ1) is 13.9. The molecular weight excluding hydrogens is 259 g/mol. The van der Waals surface area contributed by atoms with Crippen molar-refractivity contribution in [3.63, 3.8) is 0 Å². The minimum absolute atomic E-state index is 0.122. The van der Waals surface area contributed by atoms with Gasteiger partial charge in [0.1, 0.15) is 11.6 Å². The number of hydrogen-bond donors (Lipinski definition) is 3. The number of phenolic OH excluding ortho intramolecular Hbond substituents is 1. The molecule has 0 atom stereocenters. The number of nitrogen functional groups attached to an aromatic ring is 1. The topological polar surface area (TPSA) is 75.3 Å². The van der Waals surface area contributed by atoms with Crippen LogP contribution >= 0.6 is 0 Å². The van der Waals surface area contributed by atoms with Gasteiger partial charge in [0.15, 0.2) is 0 Å². The molecule has 0 bridgehead atoms. The first-order valence-corrected chi connectivity index (χ1v) is 6.05. The van der Waals surface area contributed by atoms with Gasteiger partial charge in [-0.2, -0.15) is 0 Å². The summed E-state index contributed by atoms with van der Waals surface area (Å²) in [5.74, 6) is -1.46. The minimum Gasteiger partial charge on any atom is -0.507 e. The van der Waals surface area contributed by atoms with Crippen molar-refractivity contribution in [3.05, 3.63) is 52.8 Å². The largest absolute Gasteiger partial charge is 0.507 e. The molecule has 0 fully saturated rings. The van der Waals surface area contributed by atoms with E-state index < -0.39 is 11.7 Å². The van der Waals surface area contributed by atoms with E-state index in [9.17, 15) is 14.3 Å². The maximum Gasteiger partial charge on any atom is 0.259 e. The molecule has 1 amide bonds. The number of nitrogens with one attached hydrogen (secondary N) is 1. The predicted octanol–water partition coefficient (Wildman–Crippen LogP) is 2.98. The number of halogens is 1. The zero-order chi connectivity index (χ0) is 14.9. The Hall–Kier alpha value is -2.56. The third-order valence-electron chi connectivity index (χ3n) is 3.06. The summed E-state index contributed by atoms with van der Waals surface area (Å²) in [5, 5.41) is 12.2. The minimum atomic E-state index is -0.590. The van der Waals surface area contributed by atoms with Crippen molar-refractivity contribution < 1.29 is 14.3 Å². The van der Waals surface area contributed by atoms with Crippen LogP contribution in [0, 0.1) is 19.7 Å². The molecular formula is C15H15FN2O2. The Balaban J connectivity index is 2.32. The van der Waals surface area contributed by atoms with E-state index >= 15 is 0 Å². The summed E-state index contributed by atoms with van der Waals surface area (Å²) in [6.45, 7) is 3.69. The fourth-order valence-electron chi connectivity index (χ4n) is 1.88. The SMILES string of the molecule is Cc1cc(C)c(NC(=O)c2cc(F)ccc2O)cc1N. The molecule has 0 unspecified atom stereocenters. The molecule has 20 heavy (non-hydrogen) atoms. The van der Waals surface area contributed by atoms with Gasteiger partial charge in [-0.05, 0) is 49.2 Å². The molecule has 0 aliphatic heterocycles. The molecule has 0 aromatic heterocycles. The standard InChI is InChI=1S/C15H15FN2O2/c1-8-5-9(2)13(7-12(8)17)18-15(20)11-6-10(16)3-4-14(11)19/h3-7,19H,17H2,1-2H3,(H,18,20). The van der Waals surface area contributed by atoms with Crippen molar-refractivity contribution in [2.75, 3.05) is 11.1 Å². The second kappa shape index (κ2) is 5.21. The summed E-state index contributed by atoms with van der Waals surface area (Å²) in [4.78, 5) is 12.1. The smallest absolute Gasteiger partial charge is 0.259 e. The molecule has 4 N–H and O–H groups in total. The van der Waals surface area contributed by atoms with Crippen LogP contribution in [-0.4, -0.2) is 11.0 Å². The van der Waals surface area contributed by atoms with Gasteiger partial charge in [0.05, 0.1) is 5.56 Å². The molecule has 0 spiro atoms. The van der Waals surface area contributed by atoms with E-state index in [1.807, 2.05) is 19.9 Å². The zero-order valence-electron chi connectivity index (χ0n) is 11.2. The van der Waals surface area contributed by atoms with E-state index in [4.69, 9.17) is 5.73 Å². The third kappa shape index (κ3) is 2.71. The summed E-state index contributed by atoms with van der Waals surface area (Å²) in [7, 11) is 0. The van der Waals surface area contributed by atoms with Gasteiger partial charge in [-0.15, -0.1) is 0 Å². The Bertz CT molecular complexity index is 684. The molecule has 0 aliphatic carbocycles. The predicted molar refractivity (Wildman–Crippen MR) is 76.3 cm³/mol. The Morgan fingerprint density at radius 1 is 1.20 bits per heavy atom. The van der Waals surface area contributed by atoms with Crippen molar-refractivity contribution in [1.29, 1.82) is 0 Å². The summed E-state index contributed by atoms with van der Waals surface area (Å²) in [5.41, 5.74) is 8.50. The maximum absolute atomic E-state index is 13.1. The quantitative estimate of drug-likeness (QED) is 0.737. The van der Waals surface area contributed by atoms with E-state index in [2.05, 4.69) is 5.32 Å². The third-order valence-corrected chi connectivity index (χ3v) is 3.06. The van der Waals surface area contributed by atoms with Crippen LogP contribution in [0.5, 0.6) is 5.75 Å². The number of phenols is 1. The van der Waals surface area contributed by atoms with Crippen LogP contribution in [0.2, 0.25) is 0 Å². The molecule has 5 heteroatoms. The highest BCUT2D eigenvalue weighted by atomic mass is 19.1. The molecule has 2 aromatic carbocycles. The lowest BCUT2D eigenvalue weighted by molar-refractivity contribution is 0.102. The number of hydrogen-bond acceptors (Lipinski definition) is 3. The van der Waals surface area contributed by atoms with E-state index in [-0.39, 0.29) is 11.3 Å². The lowest BCUT2D eigenvalue weighted by atomic mass is 10.1. The highest BCUT2D eigenvalue weighted by Crippen LogP contribution is 2.24. The average Bonchev–Trinajstić information content (AvgIpc) is 2.38. The average molecular weight is 274 g/mol. The first-order valence-electron chi connectivity index (χ1n) is 6.05. The second-order valence-corrected chi connectivity index (χ2v) is 4.64. The van der Waals surface area contributed by atoms with Gasteiger partial charge >= 0.3 is 0 Å². The molecule has 2 rings (SSSR count). The van der Waals surface area contributed by atoms with Gasteiger partial charge in [0.2, 0.25) is 0 Å². The Morgan fingerprint density at radius 3 is 2.60 bits per heavy atom.